The Bertz CT molecular complexity index is 661. The zero-order chi connectivity index (χ0) is 20.4. The monoisotopic (exact) mass is 410 g/mol. The second kappa shape index (κ2) is 11.6. The Morgan fingerprint density at radius 1 is 1.32 bits per heavy atom. The molecule has 1 amide bonds. The standard InChI is InChI=1S/C20H31ClN4O3/c1-4-22-19(23-11-8-15-6-7-17(27-3)14-18(15)21)24-16-9-12-25(13-10-16)20(26)28-5-2/h6-7,14,16H,4-5,8-13H2,1-3H3,(H2,22,23,24). The third-order valence-electron chi connectivity index (χ3n) is 4.62. The number of carbonyl (C=O) groups is 1. The summed E-state index contributed by atoms with van der Waals surface area (Å²) in [7, 11) is 1.63. The number of methoxy groups -OCH3 is 1. The molecule has 1 aliphatic heterocycles. The van der Waals surface area contributed by atoms with Crippen molar-refractivity contribution in [1.82, 2.24) is 15.5 Å². The second-order valence-electron chi connectivity index (χ2n) is 6.57. The van der Waals surface area contributed by atoms with Crippen LogP contribution in [0.25, 0.3) is 0 Å². The van der Waals surface area contributed by atoms with Crippen LogP contribution in [-0.2, 0) is 11.2 Å². The first-order valence-electron chi connectivity index (χ1n) is 9.86. The average molecular weight is 411 g/mol. The number of guanidine groups is 1. The summed E-state index contributed by atoms with van der Waals surface area (Å²) in [6, 6.07) is 5.99. The highest BCUT2D eigenvalue weighted by molar-refractivity contribution is 6.31. The van der Waals surface area contributed by atoms with Gasteiger partial charge in [-0.15, -0.1) is 0 Å². The fraction of sp³-hybridized carbons (Fsp3) is 0.600. The molecule has 0 aromatic heterocycles. The molecule has 0 unspecified atom stereocenters. The molecule has 156 valence electrons. The highest BCUT2D eigenvalue weighted by atomic mass is 35.5. The van der Waals surface area contributed by atoms with Gasteiger partial charge >= 0.3 is 6.09 Å². The summed E-state index contributed by atoms with van der Waals surface area (Å²) in [6.45, 7) is 7.08. The maximum absolute atomic E-state index is 11.8. The molecule has 0 bridgehead atoms. The summed E-state index contributed by atoms with van der Waals surface area (Å²) in [5.74, 6) is 1.54. The molecular weight excluding hydrogens is 380 g/mol. The van der Waals surface area contributed by atoms with E-state index in [2.05, 4.69) is 15.6 Å². The number of piperidine rings is 1. The Morgan fingerprint density at radius 3 is 2.68 bits per heavy atom. The molecule has 1 aromatic rings. The number of aliphatic imine (C=N–C) groups is 1. The summed E-state index contributed by atoms with van der Waals surface area (Å²) in [5.41, 5.74) is 1.05. The SMILES string of the molecule is CCNC(=NCCc1ccc(OC)cc1Cl)NC1CCN(C(=O)OCC)CC1. The number of nitrogens with one attached hydrogen (secondary N) is 2. The predicted molar refractivity (Wildman–Crippen MR) is 112 cm³/mol. The highest BCUT2D eigenvalue weighted by Gasteiger charge is 2.24. The van der Waals surface area contributed by atoms with E-state index in [1.54, 1.807) is 12.0 Å². The van der Waals surface area contributed by atoms with Gasteiger partial charge in [-0.2, -0.15) is 0 Å². The van der Waals surface area contributed by atoms with Gasteiger partial charge in [0.05, 0.1) is 13.7 Å². The Kier molecular flexibility index (Phi) is 9.20. The maximum atomic E-state index is 11.8. The van der Waals surface area contributed by atoms with E-state index in [1.165, 1.54) is 0 Å². The van der Waals surface area contributed by atoms with Crippen molar-refractivity contribution in [2.45, 2.75) is 39.2 Å². The van der Waals surface area contributed by atoms with Crippen LogP contribution < -0.4 is 15.4 Å². The first-order chi connectivity index (χ1) is 13.6. The topological polar surface area (TPSA) is 75.2 Å². The molecular formula is C20H31ClN4O3. The molecule has 0 spiro atoms. The van der Waals surface area contributed by atoms with Crippen molar-refractivity contribution in [2.75, 3.05) is 39.9 Å². The van der Waals surface area contributed by atoms with Gasteiger partial charge in [0.25, 0.3) is 0 Å². The van der Waals surface area contributed by atoms with E-state index >= 15 is 0 Å². The van der Waals surface area contributed by atoms with E-state index in [-0.39, 0.29) is 12.1 Å². The van der Waals surface area contributed by atoms with Crippen LogP contribution in [-0.4, -0.2) is 62.9 Å². The largest absolute Gasteiger partial charge is 0.497 e. The molecule has 0 radical (unpaired) electrons. The van der Waals surface area contributed by atoms with Gasteiger partial charge in [0.1, 0.15) is 5.75 Å². The number of hydrogen-bond donors (Lipinski definition) is 2. The summed E-state index contributed by atoms with van der Waals surface area (Å²) in [5, 5.41) is 7.45. The molecule has 1 aromatic carbocycles. The number of carbonyl (C=O) groups excluding carboxylic acids is 1. The van der Waals surface area contributed by atoms with Crippen molar-refractivity contribution < 1.29 is 14.3 Å². The van der Waals surface area contributed by atoms with Crippen molar-refractivity contribution in [1.29, 1.82) is 0 Å². The van der Waals surface area contributed by atoms with E-state index in [4.69, 9.17) is 21.1 Å². The minimum atomic E-state index is -0.224. The van der Waals surface area contributed by atoms with Crippen LogP contribution in [0, 0.1) is 0 Å². The van der Waals surface area contributed by atoms with Gasteiger partial charge in [-0.25, -0.2) is 4.79 Å². The maximum Gasteiger partial charge on any atom is 0.409 e. The smallest absolute Gasteiger partial charge is 0.409 e. The number of amides is 1. The first-order valence-corrected chi connectivity index (χ1v) is 10.2. The van der Waals surface area contributed by atoms with E-state index in [1.807, 2.05) is 32.0 Å². The number of halogens is 1. The third-order valence-corrected chi connectivity index (χ3v) is 4.97. The second-order valence-corrected chi connectivity index (χ2v) is 6.98. The van der Waals surface area contributed by atoms with E-state index in [9.17, 15) is 4.79 Å². The fourth-order valence-electron chi connectivity index (χ4n) is 3.08. The lowest BCUT2D eigenvalue weighted by atomic mass is 10.1. The molecule has 8 heteroatoms. The molecule has 1 fully saturated rings. The molecule has 2 N–H and O–H groups in total. The molecule has 1 heterocycles. The van der Waals surface area contributed by atoms with Gasteiger partial charge in [0, 0.05) is 37.2 Å². The van der Waals surface area contributed by atoms with Crippen molar-refractivity contribution in [3.8, 4) is 5.75 Å². The van der Waals surface area contributed by atoms with Gasteiger partial charge in [-0.1, -0.05) is 17.7 Å². The van der Waals surface area contributed by atoms with Crippen molar-refractivity contribution >= 4 is 23.7 Å². The van der Waals surface area contributed by atoms with Crippen LogP contribution in [0.5, 0.6) is 5.75 Å². The zero-order valence-corrected chi connectivity index (χ0v) is 17.7. The summed E-state index contributed by atoms with van der Waals surface area (Å²) >= 11 is 6.30. The van der Waals surface area contributed by atoms with Gasteiger partial charge in [0.2, 0.25) is 0 Å². The van der Waals surface area contributed by atoms with Crippen molar-refractivity contribution in [3.05, 3.63) is 28.8 Å². The summed E-state index contributed by atoms with van der Waals surface area (Å²) in [4.78, 5) is 18.2. The van der Waals surface area contributed by atoms with Gasteiger partial charge < -0.3 is 25.0 Å². The Hall–Kier alpha value is -2.15. The Labute approximate surface area is 172 Å². The molecule has 0 saturated carbocycles. The number of benzene rings is 1. The molecule has 2 rings (SSSR count). The lowest BCUT2D eigenvalue weighted by Gasteiger charge is -2.32. The number of ether oxygens (including phenoxy) is 2. The predicted octanol–water partition coefficient (Wildman–Crippen LogP) is 3.07. The van der Waals surface area contributed by atoms with Crippen LogP contribution >= 0.6 is 11.6 Å². The van der Waals surface area contributed by atoms with E-state index in [0.717, 1.165) is 43.1 Å². The molecule has 0 aliphatic carbocycles. The summed E-state index contributed by atoms with van der Waals surface area (Å²) in [6.07, 6.45) is 2.26. The Morgan fingerprint density at radius 2 is 2.07 bits per heavy atom. The normalized spacial score (nSPS) is 15.3. The van der Waals surface area contributed by atoms with Crippen molar-refractivity contribution in [3.63, 3.8) is 0 Å². The average Bonchev–Trinajstić information content (AvgIpc) is 2.70. The summed E-state index contributed by atoms with van der Waals surface area (Å²) < 4.78 is 10.2. The number of nitrogens with zero attached hydrogens (tertiary/aromatic N) is 2. The zero-order valence-electron chi connectivity index (χ0n) is 17.0. The van der Waals surface area contributed by atoms with Crippen LogP contribution in [0.2, 0.25) is 5.02 Å². The van der Waals surface area contributed by atoms with Crippen LogP contribution in [0.15, 0.2) is 23.2 Å². The van der Waals surface area contributed by atoms with Crippen LogP contribution in [0.1, 0.15) is 32.3 Å². The molecule has 7 nitrogen and oxygen atoms in total. The minimum absolute atomic E-state index is 0.224. The highest BCUT2D eigenvalue weighted by Crippen LogP contribution is 2.22. The van der Waals surface area contributed by atoms with Crippen LogP contribution in [0.4, 0.5) is 4.79 Å². The first kappa shape index (κ1) is 22.1. The van der Waals surface area contributed by atoms with Gasteiger partial charge in [0.15, 0.2) is 5.96 Å². The number of rotatable bonds is 7. The van der Waals surface area contributed by atoms with Crippen LogP contribution in [0.3, 0.4) is 0 Å². The Balaban J connectivity index is 1.85. The molecule has 0 atom stereocenters. The molecule has 1 saturated heterocycles. The minimum Gasteiger partial charge on any atom is -0.497 e. The van der Waals surface area contributed by atoms with Gasteiger partial charge in [-0.3, -0.25) is 4.99 Å². The lowest BCUT2D eigenvalue weighted by molar-refractivity contribution is 0.0963. The van der Waals surface area contributed by atoms with Crippen molar-refractivity contribution in [2.24, 2.45) is 4.99 Å². The number of likely N-dealkylation sites (tertiary alicyclic amines) is 1. The molecule has 28 heavy (non-hydrogen) atoms. The molecule has 1 aliphatic rings. The fourth-order valence-corrected chi connectivity index (χ4v) is 3.35. The number of hydrogen-bond acceptors (Lipinski definition) is 4. The van der Waals surface area contributed by atoms with E-state index < -0.39 is 0 Å². The quantitative estimate of drug-likeness (QED) is 0.533. The van der Waals surface area contributed by atoms with E-state index in [0.29, 0.717) is 31.3 Å². The van der Waals surface area contributed by atoms with Gasteiger partial charge in [-0.05, 0) is 50.8 Å². The lowest BCUT2D eigenvalue weighted by Crippen LogP contribution is -2.50. The third kappa shape index (κ3) is 6.78.